The number of nitrogens with zero attached hydrogens (tertiary/aromatic N) is 1. The third-order valence-electron chi connectivity index (χ3n) is 2.83. The van der Waals surface area contributed by atoms with Crippen molar-refractivity contribution in [3.8, 4) is 11.5 Å². The van der Waals surface area contributed by atoms with Gasteiger partial charge in [0.2, 0.25) is 0 Å². The van der Waals surface area contributed by atoms with Crippen molar-refractivity contribution in [1.82, 2.24) is 0 Å². The number of nitro groups is 1. The van der Waals surface area contributed by atoms with Gasteiger partial charge in [-0.15, -0.1) is 0 Å². The number of ether oxygens (including phenoxy) is 2. The van der Waals surface area contributed by atoms with E-state index in [1.165, 1.54) is 27.4 Å². The molecule has 0 aliphatic rings. The molecule has 0 N–H and O–H groups in total. The van der Waals surface area contributed by atoms with Gasteiger partial charge in [0.1, 0.15) is 0 Å². The zero-order valence-corrected chi connectivity index (χ0v) is 10.3. The van der Waals surface area contributed by atoms with E-state index in [2.05, 4.69) is 0 Å². The van der Waals surface area contributed by atoms with Crippen LogP contribution in [0.15, 0.2) is 22.8 Å². The average Bonchev–Trinajstić information content (AvgIpc) is 2.80. The summed E-state index contributed by atoms with van der Waals surface area (Å²) in [4.78, 5) is 10.5. The highest BCUT2D eigenvalue weighted by atomic mass is 16.6. The van der Waals surface area contributed by atoms with E-state index in [-0.39, 0.29) is 5.76 Å². The van der Waals surface area contributed by atoms with Gasteiger partial charge in [-0.2, -0.15) is 0 Å². The largest absolute Gasteiger partial charge is 0.493 e. The number of hydrogen-bond acceptors (Lipinski definition) is 5. The van der Waals surface area contributed by atoms with Crippen LogP contribution in [0.5, 0.6) is 11.5 Å². The maximum Gasteiger partial charge on any atom is 0.267 e. The number of furan rings is 1. The van der Waals surface area contributed by atoms with Gasteiger partial charge in [-0.3, -0.25) is 10.1 Å². The summed E-state index contributed by atoms with van der Waals surface area (Å²) < 4.78 is 15.7. The smallest absolute Gasteiger partial charge is 0.267 e. The van der Waals surface area contributed by atoms with Crippen molar-refractivity contribution in [2.75, 3.05) is 14.2 Å². The molecule has 0 aliphatic heterocycles. The number of hydrogen-bond donors (Lipinski definition) is 0. The molecule has 0 aliphatic carbocycles. The predicted molar refractivity (Wildman–Crippen MR) is 64.7 cm³/mol. The van der Waals surface area contributed by atoms with Crippen LogP contribution in [-0.2, 0) is 0 Å². The fourth-order valence-corrected chi connectivity index (χ4v) is 1.88. The quantitative estimate of drug-likeness (QED) is 0.617. The Bertz CT molecular complexity index is 589. The number of methoxy groups -OCH3 is 2. The van der Waals surface area contributed by atoms with Crippen molar-refractivity contribution in [2.45, 2.75) is 13.0 Å². The van der Waals surface area contributed by atoms with Gasteiger partial charge < -0.3 is 13.9 Å². The Morgan fingerprint density at radius 2 is 2.06 bits per heavy atom. The monoisotopic (exact) mass is 251 g/mol. The molecule has 1 aromatic carbocycles. The fraction of sp³-hybridized carbons (Fsp3) is 0.333. The van der Waals surface area contributed by atoms with Gasteiger partial charge >= 0.3 is 0 Å². The first-order valence-corrected chi connectivity index (χ1v) is 5.35. The van der Waals surface area contributed by atoms with E-state index < -0.39 is 11.0 Å². The lowest BCUT2D eigenvalue weighted by molar-refractivity contribution is -0.526. The van der Waals surface area contributed by atoms with E-state index >= 15 is 0 Å². The van der Waals surface area contributed by atoms with E-state index in [1.54, 1.807) is 12.1 Å². The maximum atomic E-state index is 10.9. The Morgan fingerprint density at radius 1 is 1.33 bits per heavy atom. The highest BCUT2D eigenvalue weighted by molar-refractivity contribution is 5.92. The first-order chi connectivity index (χ1) is 8.60. The molecule has 6 heteroatoms. The highest BCUT2D eigenvalue weighted by Crippen LogP contribution is 2.40. The third kappa shape index (κ3) is 1.75. The molecule has 96 valence electrons. The molecule has 0 saturated carbocycles. The Hall–Kier alpha value is -2.24. The van der Waals surface area contributed by atoms with Crippen LogP contribution in [0.2, 0.25) is 0 Å². The van der Waals surface area contributed by atoms with Gasteiger partial charge in [0.25, 0.3) is 6.04 Å². The van der Waals surface area contributed by atoms with Gasteiger partial charge in [-0.25, -0.2) is 0 Å². The van der Waals surface area contributed by atoms with E-state index in [0.29, 0.717) is 16.9 Å². The molecule has 0 bridgehead atoms. The zero-order chi connectivity index (χ0) is 13.3. The molecule has 6 nitrogen and oxygen atoms in total. The van der Waals surface area contributed by atoms with Crippen molar-refractivity contribution in [1.29, 1.82) is 0 Å². The summed E-state index contributed by atoms with van der Waals surface area (Å²) in [5, 5.41) is 12.2. The Labute approximate surface area is 103 Å². The van der Waals surface area contributed by atoms with Crippen LogP contribution in [0, 0.1) is 10.1 Å². The normalized spacial score (nSPS) is 12.4. The molecule has 1 atom stereocenters. The van der Waals surface area contributed by atoms with E-state index in [1.807, 2.05) is 0 Å². The van der Waals surface area contributed by atoms with Crippen LogP contribution in [0.3, 0.4) is 0 Å². The Balaban J connectivity index is 2.73. The molecule has 1 heterocycles. The molecule has 1 unspecified atom stereocenters. The number of rotatable bonds is 4. The van der Waals surface area contributed by atoms with Gasteiger partial charge in [0.15, 0.2) is 17.3 Å². The maximum absolute atomic E-state index is 10.9. The second kappa shape index (κ2) is 4.56. The summed E-state index contributed by atoms with van der Waals surface area (Å²) in [7, 11) is 3.01. The van der Waals surface area contributed by atoms with E-state index in [4.69, 9.17) is 13.9 Å². The minimum atomic E-state index is -0.941. The van der Waals surface area contributed by atoms with Gasteiger partial charge in [-0.05, 0) is 12.1 Å². The molecule has 2 rings (SSSR count). The first kappa shape index (κ1) is 12.2. The predicted octanol–water partition coefficient (Wildman–Crippen LogP) is 2.79. The highest BCUT2D eigenvalue weighted by Gasteiger charge is 2.26. The Morgan fingerprint density at radius 3 is 2.61 bits per heavy atom. The molecule has 0 amide bonds. The summed E-state index contributed by atoms with van der Waals surface area (Å²) >= 11 is 0. The minimum absolute atomic E-state index is 0.269. The second-order valence-corrected chi connectivity index (χ2v) is 3.83. The van der Waals surface area contributed by atoms with Crippen molar-refractivity contribution in [2.24, 2.45) is 0 Å². The number of fused-ring (bicyclic) bond motifs is 1. The van der Waals surface area contributed by atoms with E-state index in [9.17, 15) is 10.1 Å². The van der Waals surface area contributed by atoms with Crippen LogP contribution in [-0.4, -0.2) is 19.1 Å². The standard InChI is InChI=1S/C12H13NO5/c1-7(13(14)15)11-10-8(6-18-11)4-5-9(16-2)12(10)17-3/h4-7H,1-3H3. The fourth-order valence-electron chi connectivity index (χ4n) is 1.88. The van der Waals surface area contributed by atoms with Gasteiger partial charge in [0.05, 0.1) is 25.9 Å². The number of benzene rings is 1. The van der Waals surface area contributed by atoms with Crippen LogP contribution in [0.4, 0.5) is 0 Å². The molecular weight excluding hydrogens is 238 g/mol. The summed E-state index contributed by atoms with van der Waals surface area (Å²) in [5.74, 6) is 1.24. The van der Waals surface area contributed by atoms with E-state index in [0.717, 1.165) is 5.39 Å². The summed E-state index contributed by atoms with van der Waals surface area (Å²) in [6.45, 7) is 1.47. The lowest BCUT2D eigenvalue weighted by atomic mass is 10.1. The SMILES string of the molecule is COc1ccc2coc(C(C)[N+](=O)[O-])c2c1OC. The summed E-state index contributed by atoms with van der Waals surface area (Å²) in [5.41, 5.74) is 0. The van der Waals surface area contributed by atoms with Crippen molar-refractivity contribution in [3.05, 3.63) is 34.3 Å². The first-order valence-electron chi connectivity index (χ1n) is 5.35. The van der Waals surface area contributed by atoms with Crippen LogP contribution < -0.4 is 9.47 Å². The topological polar surface area (TPSA) is 74.7 Å². The molecule has 2 aromatic rings. The van der Waals surface area contributed by atoms with Crippen molar-refractivity contribution < 1.29 is 18.8 Å². The molecular formula is C12H13NO5. The average molecular weight is 251 g/mol. The van der Waals surface area contributed by atoms with Crippen LogP contribution in [0.25, 0.3) is 10.8 Å². The van der Waals surface area contributed by atoms with Crippen molar-refractivity contribution in [3.63, 3.8) is 0 Å². The lowest BCUT2D eigenvalue weighted by Gasteiger charge is -2.09. The molecule has 18 heavy (non-hydrogen) atoms. The zero-order valence-electron chi connectivity index (χ0n) is 10.3. The molecule has 0 saturated heterocycles. The molecule has 1 aromatic heterocycles. The molecule has 0 fully saturated rings. The summed E-state index contributed by atoms with van der Waals surface area (Å²) in [6, 6.07) is 2.57. The molecule has 0 radical (unpaired) electrons. The van der Waals surface area contributed by atoms with Crippen LogP contribution >= 0.6 is 0 Å². The third-order valence-corrected chi connectivity index (χ3v) is 2.83. The van der Waals surface area contributed by atoms with Crippen molar-refractivity contribution >= 4 is 10.8 Å². The lowest BCUT2D eigenvalue weighted by Crippen LogP contribution is -2.05. The minimum Gasteiger partial charge on any atom is -0.493 e. The Kier molecular flexibility index (Phi) is 3.10. The molecule has 0 spiro atoms. The van der Waals surface area contributed by atoms with Crippen LogP contribution in [0.1, 0.15) is 18.7 Å². The van der Waals surface area contributed by atoms with Gasteiger partial charge in [-0.1, -0.05) is 0 Å². The summed E-state index contributed by atoms with van der Waals surface area (Å²) in [6.07, 6.45) is 1.48. The second-order valence-electron chi connectivity index (χ2n) is 3.83. The van der Waals surface area contributed by atoms with Gasteiger partial charge in [0, 0.05) is 17.2 Å².